The Morgan fingerprint density at radius 2 is 2.08 bits per heavy atom. The van der Waals surface area contributed by atoms with Crippen LogP contribution < -0.4 is 66.0 Å². The van der Waals surface area contributed by atoms with Crippen molar-refractivity contribution in [2.75, 3.05) is 26.2 Å². The van der Waals surface area contributed by atoms with Gasteiger partial charge in [-0.05, 0) is 35.6 Å². The van der Waals surface area contributed by atoms with Crippen molar-refractivity contribution >= 4 is 10.1 Å². The van der Waals surface area contributed by atoms with Crippen molar-refractivity contribution in [3.8, 4) is 11.5 Å². The van der Waals surface area contributed by atoms with Gasteiger partial charge in [0.05, 0.1) is 12.9 Å². The molecular formula is C17H20KNO6S. The molecule has 2 bridgehead atoms. The van der Waals surface area contributed by atoms with Crippen LogP contribution in [0.15, 0.2) is 24.5 Å². The zero-order valence-electron chi connectivity index (χ0n) is 14.9. The zero-order chi connectivity index (χ0) is 17.8. The molecule has 3 aliphatic heterocycles. The van der Waals surface area contributed by atoms with Crippen LogP contribution in [0.5, 0.6) is 11.5 Å². The minimum atomic E-state index is -3.49. The molecule has 0 aromatic heterocycles. The first-order valence-corrected chi connectivity index (χ1v) is 10.0. The third kappa shape index (κ3) is 3.86. The van der Waals surface area contributed by atoms with Crippen molar-refractivity contribution in [1.29, 1.82) is 0 Å². The Labute approximate surface area is 195 Å². The van der Waals surface area contributed by atoms with E-state index in [9.17, 15) is 13.5 Å². The maximum absolute atomic E-state index is 12.2. The van der Waals surface area contributed by atoms with Crippen LogP contribution in [-0.2, 0) is 20.8 Å². The first-order valence-electron chi connectivity index (χ1n) is 8.20. The van der Waals surface area contributed by atoms with Crippen molar-refractivity contribution in [2.24, 2.45) is 5.92 Å². The SMILES string of the molecule is C=C([O-])[C@H]1[C@H]2CN(Cc3cc4c(cc32)OCO4)[C@H]1CCOS(C)(=O)=O.[K+]. The van der Waals surface area contributed by atoms with Crippen LogP contribution >= 0.6 is 0 Å². The zero-order valence-corrected chi connectivity index (χ0v) is 18.9. The molecule has 7 nitrogen and oxygen atoms in total. The van der Waals surface area contributed by atoms with Gasteiger partial charge in [0.1, 0.15) is 0 Å². The Bertz CT molecular complexity index is 827. The molecule has 3 heterocycles. The molecule has 9 heteroatoms. The number of hydrogen-bond donors (Lipinski definition) is 0. The molecule has 4 atom stereocenters. The van der Waals surface area contributed by atoms with Crippen molar-refractivity contribution in [2.45, 2.75) is 24.9 Å². The molecular weight excluding hydrogens is 385 g/mol. The molecule has 26 heavy (non-hydrogen) atoms. The Morgan fingerprint density at radius 1 is 1.38 bits per heavy atom. The molecule has 0 N–H and O–H groups in total. The number of hydrogen-bond acceptors (Lipinski definition) is 7. The summed E-state index contributed by atoms with van der Waals surface area (Å²) in [5, 5.41) is 12.2. The predicted molar refractivity (Wildman–Crippen MR) is 87.5 cm³/mol. The van der Waals surface area contributed by atoms with E-state index in [0.717, 1.165) is 29.7 Å². The quantitative estimate of drug-likeness (QED) is 0.305. The van der Waals surface area contributed by atoms with E-state index in [0.29, 0.717) is 18.7 Å². The summed E-state index contributed by atoms with van der Waals surface area (Å²) in [5.74, 6) is 1.08. The summed E-state index contributed by atoms with van der Waals surface area (Å²) in [5.41, 5.74) is 2.23. The summed E-state index contributed by atoms with van der Waals surface area (Å²) in [6.45, 7) is 5.38. The van der Waals surface area contributed by atoms with Crippen molar-refractivity contribution in [3.05, 3.63) is 35.6 Å². The van der Waals surface area contributed by atoms with E-state index in [1.807, 2.05) is 12.1 Å². The number of ether oxygens (including phenoxy) is 2. The van der Waals surface area contributed by atoms with Gasteiger partial charge in [-0.1, -0.05) is 0 Å². The fourth-order valence-electron chi connectivity index (χ4n) is 4.29. The van der Waals surface area contributed by atoms with Gasteiger partial charge in [-0.3, -0.25) is 9.08 Å². The van der Waals surface area contributed by atoms with Gasteiger partial charge in [-0.25, -0.2) is 0 Å². The summed E-state index contributed by atoms with van der Waals surface area (Å²) in [6, 6.07) is 3.88. The average Bonchev–Trinajstić information content (AvgIpc) is 3.07. The van der Waals surface area contributed by atoms with Crippen LogP contribution in [0.25, 0.3) is 0 Å². The van der Waals surface area contributed by atoms with Gasteiger partial charge >= 0.3 is 51.4 Å². The molecule has 0 radical (unpaired) electrons. The second-order valence-electron chi connectivity index (χ2n) is 6.81. The standard InChI is InChI=1S/C17H21NO6S.K/c1-10(19)17-13-8-18(14(17)3-4-24-25(2,20)21)7-11-5-15-16(6-12(11)13)23-9-22-15;/h5-6,13-14,17,19H,1,3-4,7-9H2,2H3;/q;+1/p-1/t13-,14-,17-;/m0./s1. The second kappa shape index (κ2) is 7.71. The molecule has 0 spiro atoms. The van der Waals surface area contributed by atoms with Crippen molar-refractivity contribution in [3.63, 3.8) is 0 Å². The van der Waals surface area contributed by atoms with Crippen molar-refractivity contribution < 1.29 is 78.6 Å². The van der Waals surface area contributed by atoms with Crippen LogP contribution in [0.3, 0.4) is 0 Å². The van der Waals surface area contributed by atoms with Crippen LogP contribution in [0.1, 0.15) is 23.5 Å². The van der Waals surface area contributed by atoms with Gasteiger partial charge in [-0.15, -0.1) is 12.3 Å². The Kier molecular flexibility index (Phi) is 6.11. The molecule has 0 saturated carbocycles. The summed E-state index contributed by atoms with van der Waals surface area (Å²) in [6.07, 6.45) is 1.50. The van der Waals surface area contributed by atoms with E-state index in [2.05, 4.69) is 11.5 Å². The molecule has 0 aliphatic carbocycles. The first kappa shape index (κ1) is 20.6. The topological polar surface area (TPSA) is 88.1 Å². The Hall–Kier alpha value is -0.134. The Balaban J connectivity index is 0.00000196. The van der Waals surface area contributed by atoms with E-state index >= 15 is 0 Å². The number of rotatable bonds is 5. The fraction of sp³-hybridized carbons (Fsp3) is 0.529. The maximum Gasteiger partial charge on any atom is 1.00 e. The minimum absolute atomic E-state index is 0. The molecule has 136 valence electrons. The number of fused-ring (bicyclic) bond motifs is 5. The predicted octanol–water partition coefficient (Wildman–Crippen LogP) is -2.44. The molecule has 1 aromatic carbocycles. The normalized spacial score (nSPS) is 28.3. The Morgan fingerprint density at radius 3 is 2.73 bits per heavy atom. The fourth-order valence-corrected chi connectivity index (χ4v) is 4.69. The third-order valence-electron chi connectivity index (χ3n) is 5.24. The third-order valence-corrected chi connectivity index (χ3v) is 5.83. The smallest absolute Gasteiger partial charge is 0.876 e. The summed E-state index contributed by atoms with van der Waals surface area (Å²) < 4.78 is 38.2. The monoisotopic (exact) mass is 405 g/mol. The summed E-state index contributed by atoms with van der Waals surface area (Å²) in [4.78, 5) is 2.22. The van der Waals surface area contributed by atoms with Gasteiger partial charge in [0.15, 0.2) is 11.5 Å². The van der Waals surface area contributed by atoms with E-state index in [1.54, 1.807) is 0 Å². The van der Waals surface area contributed by atoms with E-state index in [1.165, 1.54) is 0 Å². The first-order chi connectivity index (χ1) is 11.8. The summed E-state index contributed by atoms with van der Waals surface area (Å²) >= 11 is 0. The van der Waals surface area contributed by atoms with Gasteiger partial charge in [0.2, 0.25) is 6.79 Å². The minimum Gasteiger partial charge on any atom is -0.876 e. The van der Waals surface area contributed by atoms with Gasteiger partial charge in [0.25, 0.3) is 10.1 Å². The van der Waals surface area contributed by atoms with Crippen LogP contribution in [0, 0.1) is 5.92 Å². The summed E-state index contributed by atoms with van der Waals surface area (Å²) in [7, 11) is -3.49. The van der Waals surface area contributed by atoms with E-state index < -0.39 is 10.1 Å². The molecule has 1 saturated heterocycles. The molecule has 1 aromatic rings. The van der Waals surface area contributed by atoms with Crippen LogP contribution in [-0.4, -0.2) is 45.6 Å². The molecule has 1 fully saturated rings. The van der Waals surface area contributed by atoms with Gasteiger partial charge in [0, 0.05) is 25.0 Å². The largest absolute Gasteiger partial charge is 1.00 e. The van der Waals surface area contributed by atoms with Gasteiger partial charge < -0.3 is 14.6 Å². The van der Waals surface area contributed by atoms with E-state index in [4.69, 9.17) is 13.7 Å². The molecule has 1 unspecified atom stereocenters. The van der Waals surface area contributed by atoms with E-state index in [-0.39, 0.29) is 88.4 Å². The van der Waals surface area contributed by atoms with Crippen molar-refractivity contribution in [1.82, 2.24) is 4.90 Å². The number of benzene rings is 1. The maximum atomic E-state index is 12.2. The van der Waals surface area contributed by atoms with Crippen LogP contribution in [0.2, 0.25) is 0 Å². The molecule has 3 aliphatic rings. The number of nitrogens with zero attached hydrogens (tertiary/aromatic N) is 1. The molecule has 4 rings (SSSR count). The second-order valence-corrected chi connectivity index (χ2v) is 8.46. The molecule has 0 amide bonds. The van der Waals surface area contributed by atoms with Gasteiger partial charge in [-0.2, -0.15) is 8.42 Å². The average molecular weight is 406 g/mol. The van der Waals surface area contributed by atoms with Crippen LogP contribution in [0.4, 0.5) is 0 Å².